The van der Waals surface area contributed by atoms with Crippen LogP contribution in [0.5, 0.6) is 5.75 Å². The number of nitrogens with two attached hydrogens (primary N) is 1. The number of amides is 1. The van der Waals surface area contributed by atoms with E-state index < -0.39 is 18.7 Å². The summed E-state index contributed by atoms with van der Waals surface area (Å²) in [6, 6.07) is 3.47. The number of nitrogens with zero attached hydrogens (tertiary/aromatic N) is 6. The minimum Gasteiger partial charge on any atom is -0.480 e. The summed E-state index contributed by atoms with van der Waals surface area (Å²) in [5.74, 6) is 0.0384. The Labute approximate surface area is 197 Å². The molecule has 1 fully saturated rings. The first kappa shape index (κ1) is 22.8. The molecule has 1 amide bonds. The lowest BCUT2D eigenvalue weighted by Gasteiger charge is -2.33. The number of fused-ring (bicyclic) bond motifs is 3. The van der Waals surface area contributed by atoms with Crippen molar-refractivity contribution in [3.63, 3.8) is 0 Å². The molecule has 3 aliphatic heterocycles. The van der Waals surface area contributed by atoms with Gasteiger partial charge in [0.25, 0.3) is 5.91 Å². The van der Waals surface area contributed by atoms with Crippen LogP contribution in [0.4, 0.5) is 30.5 Å². The fourth-order valence-electron chi connectivity index (χ4n) is 3.98. The number of carbonyl (C=O) groups is 1. The number of alkyl halides is 3. The van der Waals surface area contributed by atoms with E-state index in [9.17, 15) is 18.0 Å². The maximum absolute atomic E-state index is 13.1. The number of hydrogen-bond acceptors (Lipinski definition) is 10. The van der Waals surface area contributed by atoms with Gasteiger partial charge in [0.1, 0.15) is 11.5 Å². The van der Waals surface area contributed by atoms with Crippen molar-refractivity contribution in [1.82, 2.24) is 20.2 Å². The zero-order valence-corrected chi connectivity index (χ0v) is 18.4. The molecule has 0 saturated carbocycles. The number of halogens is 3. The van der Waals surface area contributed by atoms with Gasteiger partial charge >= 0.3 is 6.18 Å². The number of ether oxygens (including phenoxy) is 2. The first-order valence-electron chi connectivity index (χ1n) is 10.8. The normalized spacial score (nSPS) is 17.3. The number of aliphatic imine (C=N–C) groups is 2. The Morgan fingerprint density at radius 1 is 1.17 bits per heavy atom. The van der Waals surface area contributed by atoms with Gasteiger partial charge in [0.15, 0.2) is 12.4 Å². The highest BCUT2D eigenvalue weighted by molar-refractivity contribution is 6.20. The summed E-state index contributed by atoms with van der Waals surface area (Å²) in [5.41, 5.74) is 6.77. The molecule has 2 aromatic rings. The average Bonchev–Trinajstić information content (AvgIpc) is 3.33. The van der Waals surface area contributed by atoms with Crippen molar-refractivity contribution in [3.05, 3.63) is 35.7 Å². The number of amidine groups is 1. The van der Waals surface area contributed by atoms with Crippen LogP contribution in [0.25, 0.3) is 0 Å². The van der Waals surface area contributed by atoms with Crippen molar-refractivity contribution >= 4 is 35.0 Å². The average molecular weight is 490 g/mol. The Morgan fingerprint density at radius 3 is 2.63 bits per heavy atom. The minimum atomic E-state index is -4.55. The number of morpholine rings is 1. The van der Waals surface area contributed by atoms with Crippen molar-refractivity contribution in [3.8, 4) is 5.75 Å². The third kappa shape index (κ3) is 4.69. The second-order valence-electron chi connectivity index (χ2n) is 7.89. The zero-order chi connectivity index (χ0) is 24.6. The largest absolute Gasteiger partial charge is 0.480 e. The molecule has 184 valence electrons. The van der Waals surface area contributed by atoms with Crippen LogP contribution in [-0.4, -0.2) is 84.7 Å². The fourth-order valence-corrected chi connectivity index (χ4v) is 3.98. The van der Waals surface area contributed by atoms with E-state index in [1.54, 1.807) is 17.0 Å². The molecule has 1 aromatic carbocycles. The Morgan fingerprint density at radius 2 is 1.91 bits per heavy atom. The Hall–Kier alpha value is -3.94. The van der Waals surface area contributed by atoms with Crippen LogP contribution in [0.1, 0.15) is 15.9 Å². The molecule has 5 rings (SSSR count). The third-order valence-electron chi connectivity index (χ3n) is 5.56. The highest BCUT2D eigenvalue weighted by Crippen LogP contribution is 2.44. The quantitative estimate of drug-likeness (QED) is 0.657. The van der Waals surface area contributed by atoms with E-state index in [4.69, 9.17) is 15.2 Å². The smallest absolute Gasteiger partial charge is 0.422 e. The van der Waals surface area contributed by atoms with E-state index >= 15 is 0 Å². The molecular formula is C21H21F3N8O3. The number of guanidine groups is 1. The van der Waals surface area contributed by atoms with Crippen LogP contribution in [0.2, 0.25) is 0 Å². The van der Waals surface area contributed by atoms with Crippen LogP contribution in [0, 0.1) is 0 Å². The van der Waals surface area contributed by atoms with E-state index in [-0.39, 0.29) is 28.9 Å². The van der Waals surface area contributed by atoms with Gasteiger partial charge in [0.2, 0.25) is 11.9 Å². The van der Waals surface area contributed by atoms with Crippen LogP contribution in [0.15, 0.2) is 34.5 Å². The molecule has 0 aliphatic carbocycles. The van der Waals surface area contributed by atoms with E-state index in [0.29, 0.717) is 56.5 Å². The lowest BCUT2D eigenvalue weighted by Crippen LogP contribution is -2.47. The summed E-state index contributed by atoms with van der Waals surface area (Å²) in [6.07, 6.45) is -2.02. The van der Waals surface area contributed by atoms with Crippen molar-refractivity contribution in [2.24, 2.45) is 9.98 Å². The van der Waals surface area contributed by atoms with E-state index in [1.807, 2.05) is 4.90 Å². The molecule has 1 saturated heterocycles. The van der Waals surface area contributed by atoms with Crippen LogP contribution in [0.3, 0.4) is 0 Å². The second-order valence-corrected chi connectivity index (χ2v) is 7.89. The number of hydrogen-bond donors (Lipinski definition) is 2. The van der Waals surface area contributed by atoms with Gasteiger partial charge in [-0.3, -0.25) is 20.0 Å². The first-order valence-corrected chi connectivity index (χ1v) is 10.8. The molecular weight excluding hydrogens is 469 g/mol. The molecule has 0 spiro atoms. The van der Waals surface area contributed by atoms with Gasteiger partial charge in [-0.05, 0) is 12.1 Å². The lowest BCUT2D eigenvalue weighted by molar-refractivity contribution is -0.153. The van der Waals surface area contributed by atoms with Gasteiger partial charge in [-0.1, -0.05) is 0 Å². The predicted octanol–water partition coefficient (Wildman–Crippen LogP) is 1.33. The topological polar surface area (TPSA) is 131 Å². The van der Waals surface area contributed by atoms with Crippen molar-refractivity contribution < 1.29 is 27.4 Å². The van der Waals surface area contributed by atoms with Crippen LogP contribution in [-0.2, 0) is 4.74 Å². The lowest BCUT2D eigenvalue weighted by atomic mass is 10.1. The van der Waals surface area contributed by atoms with Crippen molar-refractivity contribution in [2.75, 3.05) is 56.6 Å². The number of rotatable bonds is 4. The summed E-state index contributed by atoms with van der Waals surface area (Å²) in [4.78, 5) is 33.0. The number of nitrogens with one attached hydrogen (secondary N) is 1. The van der Waals surface area contributed by atoms with Gasteiger partial charge in [-0.2, -0.15) is 13.2 Å². The summed E-state index contributed by atoms with van der Waals surface area (Å²) in [7, 11) is 0. The van der Waals surface area contributed by atoms with E-state index in [0.717, 1.165) is 0 Å². The van der Waals surface area contributed by atoms with Gasteiger partial charge in [0.05, 0.1) is 31.0 Å². The van der Waals surface area contributed by atoms with Gasteiger partial charge in [-0.25, -0.2) is 15.0 Å². The summed E-state index contributed by atoms with van der Waals surface area (Å²) in [5, 5.41) is 2.69. The monoisotopic (exact) mass is 490 g/mol. The maximum Gasteiger partial charge on any atom is 0.422 e. The SMILES string of the molecule is Nc1ncc(C(=O)NC2=Nc3c(ccc(N4CCOCC4)c3OCC(F)(F)F)C3=NCCN23)cn1. The van der Waals surface area contributed by atoms with Crippen LogP contribution >= 0.6 is 0 Å². The number of anilines is 2. The van der Waals surface area contributed by atoms with Crippen molar-refractivity contribution in [1.29, 1.82) is 0 Å². The Kier molecular flexibility index (Phi) is 5.88. The van der Waals surface area contributed by atoms with E-state index in [1.165, 1.54) is 12.4 Å². The highest BCUT2D eigenvalue weighted by atomic mass is 19.4. The molecule has 3 aliphatic rings. The standard InChI is InChI=1S/C21H21F3N8O3/c22-21(23,24)11-35-16-14(31-5-7-34-8-6-31)2-1-13-15(16)29-20(32-4-3-26-17(13)32)30-18(33)12-9-27-19(25)28-10-12/h1-2,9-10H,3-8,11H2,(H2,25,27,28)(H,29,30,33). The fraction of sp³-hybridized carbons (Fsp3) is 0.381. The molecule has 0 unspecified atom stereocenters. The van der Waals surface area contributed by atoms with E-state index in [2.05, 4.69) is 25.3 Å². The molecule has 11 nitrogen and oxygen atoms in total. The second kappa shape index (κ2) is 9.02. The summed E-state index contributed by atoms with van der Waals surface area (Å²) >= 11 is 0. The van der Waals surface area contributed by atoms with Gasteiger partial charge in [-0.15, -0.1) is 0 Å². The molecule has 0 radical (unpaired) electrons. The Bertz CT molecular complexity index is 1190. The first-order chi connectivity index (χ1) is 16.8. The number of nitrogen functional groups attached to an aromatic ring is 1. The molecule has 3 N–H and O–H groups in total. The Balaban J connectivity index is 1.56. The van der Waals surface area contributed by atoms with Crippen molar-refractivity contribution in [2.45, 2.75) is 6.18 Å². The minimum absolute atomic E-state index is 0.0153. The van der Waals surface area contributed by atoms with Gasteiger partial charge < -0.3 is 20.1 Å². The zero-order valence-electron chi connectivity index (χ0n) is 18.4. The molecule has 1 aromatic heterocycles. The summed E-state index contributed by atoms with van der Waals surface area (Å²) < 4.78 is 50.1. The molecule has 14 heteroatoms. The molecule has 35 heavy (non-hydrogen) atoms. The number of benzene rings is 1. The van der Waals surface area contributed by atoms with Crippen LogP contribution < -0.4 is 20.7 Å². The molecule has 0 atom stereocenters. The highest BCUT2D eigenvalue weighted by Gasteiger charge is 2.36. The number of aromatic nitrogens is 2. The molecule has 0 bridgehead atoms. The predicted molar refractivity (Wildman–Crippen MR) is 120 cm³/mol. The number of carbonyl (C=O) groups excluding carboxylic acids is 1. The molecule has 4 heterocycles. The maximum atomic E-state index is 13.1. The third-order valence-corrected chi connectivity index (χ3v) is 5.56. The van der Waals surface area contributed by atoms with Gasteiger partial charge in [0, 0.05) is 37.6 Å². The summed E-state index contributed by atoms with van der Waals surface area (Å²) in [6.45, 7) is 1.22.